The molecule has 0 aromatic carbocycles. The van der Waals surface area contributed by atoms with Crippen molar-refractivity contribution in [3.63, 3.8) is 0 Å². The van der Waals surface area contributed by atoms with Gasteiger partial charge < -0.3 is 4.57 Å². The molecule has 2 aromatic rings. The van der Waals surface area contributed by atoms with E-state index in [0.717, 1.165) is 5.16 Å². The fraction of sp³-hybridized carbons (Fsp3) is 0.444. The summed E-state index contributed by atoms with van der Waals surface area (Å²) in [5.41, 5.74) is 0.995. The van der Waals surface area contributed by atoms with Gasteiger partial charge >= 0.3 is 0 Å². The van der Waals surface area contributed by atoms with Gasteiger partial charge in [-0.05, 0) is 12.5 Å². The van der Waals surface area contributed by atoms with Crippen LogP contribution in [0, 0.1) is 0 Å². The van der Waals surface area contributed by atoms with E-state index in [1.54, 1.807) is 7.05 Å². The first-order valence-corrected chi connectivity index (χ1v) is 7.06. The van der Waals surface area contributed by atoms with Crippen molar-refractivity contribution < 1.29 is 0 Å². The first-order chi connectivity index (χ1) is 7.60. The second-order valence-corrected chi connectivity index (χ2v) is 4.84. The van der Waals surface area contributed by atoms with Gasteiger partial charge in [0.05, 0.1) is 0 Å². The number of thioether (sulfide) groups is 2. The molecule has 0 N–H and O–H groups in total. The van der Waals surface area contributed by atoms with Crippen molar-refractivity contribution >= 4 is 34.7 Å². The van der Waals surface area contributed by atoms with E-state index in [0.29, 0.717) is 16.3 Å². The molecule has 2 rings (SSSR count). The van der Waals surface area contributed by atoms with Crippen LogP contribution in [0.3, 0.4) is 0 Å². The van der Waals surface area contributed by atoms with Crippen molar-refractivity contribution in [2.24, 2.45) is 14.1 Å². The fourth-order valence-corrected chi connectivity index (χ4v) is 2.60. The summed E-state index contributed by atoms with van der Waals surface area (Å²) in [5.74, 6) is 0. The first-order valence-electron chi connectivity index (χ1n) is 4.61. The van der Waals surface area contributed by atoms with Gasteiger partial charge in [0.15, 0.2) is 21.5 Å². The molecule has 2 heterocycles. The van der Waals surface area contributed by atoms with Crippen LogP contribution in [0.25, 0.3) is 11.2 Å². The van der Waals surface area contributed by atoms with Gasteiger partial charge in [0.25, 0.3) is 5.56 Å². The van der Waals surface area contributed by atoms with E-state index >= 15 is 0 Å². The molecule has 0 spiro atoms. The Morgan fingerprint density at radius 3 is 2.12 bits per heavy atom. The van der Waals surface area contributed by atoms with Crippen LogP contribution in [0.1, 0.15) is 0 Å². The topological polar surface area (TPSA) is 52.7 Å². The quantitative estimate of drug-likeness (QED) is 0.595. The molecule has 0 radical (unpaired) electrons. The summed E-state index contributed by atoms with van der Waals surface area (Å²) < 4.78 is 3.38. The molecular weight excluding hydrogens is 244 g/mol. The number of fused-ring (bicyclic) bond motifs is 1. The van der Waals surface area contributed by atoms with Gasteiger partial charge in [0.2, 0.25) is 0 Å². The molecule has 86 valence electrons. The minimum Gasteiger partial charge on any atom is -0.307 e. The lowest BCUT2D eigenvalue weighted by atomic mass is 10.5. The lowest BCUT2D eigenvalue weighted by Crippen LogP contribution is -2.20. The Balaban J connectivity index is 2.90. The van der Waals surface area contributed by atoms with Gasteiger partial charge in [0.1, 0.15) is 0 Å². The highest BCUT2D eigenvalue weighted by Gasteiger charge is 2.14. The molecular formula is C9H12N4OS2. The van der Waals surface area contributed by atoms with E-state index in [9.17, 15) is 4.79 Å². The third kappa shape index (κ3) is 1.54. The summed E-state index contributed by atoms with van der Waals surface area (Å²) in [5, 5.41) is 1.51. The number of imidazole rings is 1. The average Bonchev–Trinajstić information content (AvgIpc) is 2.61. The number of nitrogens with zero attached hydrogens (tertiary/aromatic N) is 4. The number of rotatable bonds is 2. The molecule has 0 bridgehead atoms. The maximum absolute atomic E-state index is 12.0. The number of hydrogen-bond donors (Lipinski definition) is 0. The Morgan fingerprint density at radius 2 is 1.56 bits per heavy atom. The van der Waals surface area contributed by atoms with Crippen molar-refractivity contribution in [1.82, 2.24) is 19.1 Å². The van der Waals surface area contributed by atoms with Crippen LogP contribution >= 0.6 is 23.5 Å². The predicted molar refractivity (Wildman–Crippen MR) is 67.3 cm³/mol. The normalized spacial score (nSPS) is 11.2. The van der Waals surface area contributed by atoms with Crippen LogP contribution < -0.4 is 5.56 Å². The SMILES string of the molecule is CSc1nc2c(nc(SC)n2C)c(=O)n1C. The van der Waals surface area contributed by atoms with Crippen LogP contribution in [-0.2, 0) is 14.1 Å². The van der Waals surface area contributed by atoms with Crippen LogP contribution in [0.15, 0.2) is 15.1 Å². The summed E-state index contributed by atoms with van der Waals surface area (Å²) in [6.45, 7) is 0. The standard InChI is InChI=1S/C9H12N4OS2/c1-12-6-5(10-8(12)15-3)7(14)13(2)9(11-6)16-4/h1-4H3. The molecule has 0 saturated carbocycles. The molecule has 0 aliphatic heterocycles. The largest absolute Gasteiger partial charge is 0.307 e. The maximum atomic E-state index is 12.0. The second-order valence-electron chi connectivity index (χ2n) is 3.29. The Morgan fingerprint density at radius 1 is 1.00 bits per heavy atom. The molecule has 0 atom stereocenters. The van der Waals surface area contributed by atoms with E-state index in [2.05, 4.69) is 9.97 Å². The van der Waals surface area contributed by atoms with Crippen LogP contribution in [-0.4, -0.2) is 31.6 Å². The van der Waals surface area contributed by atoms with Gasteiger partial charge in [-0.3, -0.25) is 9.36 Å². The van der Waals surface area contributed by atoms with Crippen molar-refractivity contribution in [3.8, 4) is 0 Å². The second kappa shape index (κ2) is 4.14. The van der Waals surface area contributed by atoms with E-state index in [-0.39, 0.29) is 5.56 Å². The van der Waals surface area contributed by atoms with Crippen LogP contribution in [0.4, 0.5) is 0 Å². The van der Waals surface area contributed by atoms with Gasteiger partial charge in [-0.15, -0.1) is 0 Å². The Hall–Kier alpha value is -0.950. The monoisotopic (exact) mass is 256 g/mol. The summed E-state index contributed by atoms with van der Waals surface area (Å²) in [6.07, 6.45) is 3.83. The van der Waals surface area contributed by atoms with Crippen molar-refractivity contribution in [1.29, 1.82) is 0 Å². The molecule has 2 aromatic heterocycles. The van der Waals surface area contributed by atoms with Crippen molar-refractivity contribution in [3.05, 3.63) is 10.4 Å². The number of hydrogen-bond acceptors (Lipinski definition) is 5. The van der Waals surface area contributed by atoms with Gasteiger partial charge in [-0.2, -0.15) is 0 Å². The minimum absolute atomic E-state index is 0.0924. The highest BCUT2D eigenvalue weighted by atomic mass is 32.2. The zero-order valence-electron chi connectivity index (χ0n) is 9.51. The lowest BCUT2D eigenvalue weighted by molar-refractivity contribution is 0.716. The minimum atomic E-state index is -0.0924. The molecule has 16 heavy (non-hydrogen) atoms. The molecule has 7 heteroatoms. The third-order valence-corrected chi connectivity index (χ3v) is 3.85. The van der Waals surface area contributed by atoms with Gasteiger partial charge in [0, 0.05) is 14.1 Å². The highest BCUT2D eigenvalue weighted by Crippen LogP contribution is 2.19. The third-order valence-electron chi connectivity index (χ3n) is 2.38. The summed E-state index contributed by atoms with van der Waals surface area (Å²) in [4.78, 5) is 20.7. The van der Waals surface area contributed by atoms with E-state index < -0.39 is 0 Å². The number of aryl methyl sites for hydroxylation is 1. The number of aromatic nitrogens is 4. The zero-order chi connectivity index (χ0) is 11.9. The van der Waals surface area contributed by atoms with E-state index in [1.807, 2.05) is 24.1 Å². The maximum Gasteiger partial charge on any atom is 0.282 e. The Labute approximate surface area is 101 Å². The van der Waals surface area contributed by atoms with E-state index in [1.165, 1.54) is 28.1 Å². The Bertz CT molecular complexity index is 602. The molecule has 0 fully saturated rings. The fourth-order valence-electron chi connectivity index (χ4n) is 1.52. The van der Waals surface area contributed by atoms with Crippen LogP contribution in [0.2, 0.25) is 0 Å². The zero-order valence-corrected chi connectivity index (χ0v) is 11.1. The molecule has 0 aliphatic carbocycles. The highest BCUT2D eigenvalue weighted by molar-refractivity contribution is 7.98. The van der Waals surface area contributed by atoms with Crippen molar-refractivity contribution in [2.45, 2.75) is 10.3 Å². The predicted octanol–water partition coefficient (Wildman–Crippen LogP) is 1.11. The summed E-state index contributed by atoms with van der Waals surface area (Å²) in [7, 11) is 3.59. The lowest BCUT2D eigenvalue weighted by Gasteiger charge is -2.04. The van der Waals surface area contributed by atoms with Gasteiger partial charge in [-0.25, -0.2) is 9.97 Å². The smallest absolute Gasteiger partial charge is 0.282 e. The molecule has 0 aliphatic rings. The molecule has 0 amide bonds. The molecule has 0 saturated heterocycles. The molecule has 0 unspecified atom stereocenters. The summed E-state index contributed by atoms with van der Waals surface area (Å²) in [6, 6.07) is 0. The van der Waals surface area contributed by atoms with Crippen LogP contribution in [0.5, 0.6) is 0 Å². The first kappa shape index (κ1) is 11.5. The van der Waals surface area contributed by atoms with Gasteiger partial charge in [-0.1, -0.05) is 23.5 Å². The Kier molecular flexibility index (Phi) is 2.98. The van der Waals surface area contributed by atoms with Crippen molar-refractivity contribution in [2.75, 3.05) is 12.5 Å². The molecule has 5 nitrogen and oxygen atoms in total. The average molecular weight is 256 g/mol. The summed E-state index contributed by atoms with van der Waals surface area (Å²) >= 11 is 2.96. The van der Waals surface area contributed by atoms with E-state index in [4.69, 9.17) is 0 Å².